The molecule has 0 saturated heterocycles. The lowest BCUT2D eigenvalue weighted by molar-refractivity contribution is 0.450. The van der Waals surface area contributed by atoms with E-state index in [4.69, 9.17) is 12.2 Å². The van der Waals surface area contributed by atoms with Crippen LogP contribution in [-0.2, 0) is 0 Å². The lowest BCUT2D eigenvalue weighted by Gasteiger charge is -2.09. The Morgan fingerprint density at radius 3 is 2.59 bits per heavy atom. The van der Waals surface area contributed by atoms with Crippen LogP contribution in [0.25, 0.3) is 0 Å². The third-order valence-electron chi connectivity index (χ3n) is 2.82. The zero-order valence-electron chi connectivity index (χ0n) is 11.7. The van der Waals surface area contributed by atoms with E-state index in [1.54, 1.807) is 25.1 Å². The maximum Gasteiger partial charge on any atom is 0.191 e. The molecule has 0 heterocycles. The van der Waals surface area contributed by atoms with Gasteiger partial charge in [-0.2, -0.15) is 5.10 Å². The summed E-state index contributed by atoms with van der Waals surface area (Å²) in [4.78, 5) is 0. The highest BCUT2D eigenvalue weighted by Gasteiger charge is 2.06. The summed E-state index contributed by atoms with van der Waals surface area (Å²) in [5.41, 5.74) is 3.70. The third kappa shape index (κ3) is 3.92. The molecule has 7 heteroatoms. The van der Waals surface area contributed by atoms with Gasteiger partial charge in [0.05, 0.1) is 11.4 Å². The number of para-hydroxylation sites is 1. The average molecular weight is 319 g/mol. The van der Waals surface area contributed by atoms with Crippen molar-refractivity contribution in [3.63, 3.8) is 0 Å². The molecule has 2 aromatic rings. The quantitative estimate of drug-likeness (QED) is 0.397. The Kier molecular flexibility index (Phi) is 4.90. The van der Waals surface area contributed by atoms with Crippen LogP contribution in [0.3, 0.4) is 0 Å². The maximum atomic E-state index is 13.5. The number of rotatable bonds is 3. The molecule has 0 saturated carbocycles. The number of nitrogens with one attached hydrogen (secondary N) is 2. The van der Waals surface area contributed by atoms with Gasteiger partial charge in [-0.15, -0.1) is 0 Å². The molecule has 0 radical (unpaired) electrons. The van der Waals surface area contributed by atoms with Crippen molar-refractivity contribution >= 4 is 28.7 Å². The molecule has 5 nitrogen and oxygen atoms in total. The van der Waals surface area contributed by atoms with E-state index in [9.17, 15) is 14.6 Å². The summed E-state index contributed by atoms with van der Waals surface area (Å²) in [6, 6.07) is 10.3. The summed E-state index contributed by atoms with van der Waals surface area (Å²) >= 11 is 5.02. The van der Waals surface area contributed by atoms with Gasteiger partial charge >= 0.3 is 0 Å². The van der Waals surface area contributed by atoms with Crippen LogP contribution in [0, 0.1) is 5.82 Å². The standard InChI is InChI=1S/C15H14FN3O2S/c1-9(11-7-6-10(20)8-14(11)21)18-19-15(22)17-13-5-3-2-4-12(13)16/h2-8,20-21H,1H3,(H2,17,19,22)/b18-9+. The summed E-state index contributed by atoms with van der Waals surface area (Å²) in [6.45, 7) is 1.66. The summed E-state index contributed by atoms with van der Waals surface area (Å²) in [7, 11) is 0. The second-order valence-electron chi connectivity index (χ2n) is 4.44. The Morgan fingerprint density at radius 1 is 1.18 bits per heavy atom. The van der Waals surface area contributed by atoms with E-state index >= 15 is 0 Å². The normalized spacial score (nSPS) is 11.1. The van der Waals surface area contributed by atoms with Crippen LogP contribution in [0.15, 0.2) is 47.6 Å². The molecule has 22 heavy (non-hydrogen) atoms. The number of aromatic hydroxyl groups is 2. The van der Waals surface area contributed by atoms with Crippen molar-refractivity contribution in [3.8, 4) is 11.5 Å². The molecule has 0 atom stereocenters. The Balaban J connectivity index is 2.04. The van der Waals surface area contributed by atoms with Gasteiger partial charge in [0.1, 0.15) is 17.3 Å². The van der Waals surface area contributed by atoms with Gasteiger partial charge in [0, 0.05) is 11.6 Å². The van der Waals surface area contributed by atoms with Crippen LogP contribution < -0.4 is 10.7 Å². The number of hydrazone groups is 1. The van der Waals surface area contributed by atoms with Crippen molar-refractivity contribution < 1.29 is 14.6 Å². The highest BCUT2D eigenvalue weighted by atomic mass is 32.1. The maximum absolute atomic E-state index is 13.5. The predicted octanol–water partition coefficient (Wildman–Crippen LogP) is 2.95. The molecule has 0 bridgehead atoms. The minimum atomic E-state index is -0.427. The smallest absolute Gasteiger partial charge is 0.191 e. The van der Waals surface area contributed by atoms with Crippen molar-refractivity contribution in [2.24, 2.45) is 5.10 Å². The van der Waals surface area contributed by atoms with E-state index in [1.807, 2.05) is 0 Å². The monoisotopic (exact) mass is 319 g/mol. The van der Waals surface area contributed by atoms with Gasteiger partial charge in [0.15, 0.2) is 5.11 Å². The molecule has 0 aliphatic heterocycles. The van der Waals surface area contributed by atoms with Crippen LogP contribution in [-0.4, -0.2) is 21.0 Å². The largest absolute Gasteiger partial charge is 0.508 e. The minimum absolute atomic E-state index is 0.0428. The van der Waals surface area contributed by atoms with Gasteiger partial charge in [0.2, 0.25) is 0 Å². The molecular formula is C15H14FN3O2S. The highest BCUT2D eigenvalue weighted by molar-refractivity contribution is 7.80. The highest BCUT2D eigenvalue weighted by Crippen LogP contribution is 2.23. The van der Waals surface area contributed by atoms with Gasteiger partial charge in [-0.25, -0.2) is 4.39 Å². The summed E-state index contributed by atoms with van der Waals surface area (Å²) in [5, 5.41) is 25.8. The molecule has 0 spiro atoms. The van der Waals surface area contributed by atoms with Crippen LogP contribution in [0.4, 0.5) is 10.1 Å². The van der Waals surface area contributed by atoms with E-state index in [-0.39, 0.29) is 22.3 Å². The SMILES string of the molecule is C/C(=N\NC(=S)Nc1ccccc1F)c1ccc(O)cc1O. The second-order valence-corrected chi connectivity index (χ2v) is 4.85. The first-order valence-electron chi connectivity index (χ1n) is 6.35. The predicted molar refractivity (Wildman–Crippen MR) is 87.7 cm³/mol. The molecule has 4 N–H and O–H groups in total. The number of halogens is 1. The topological polar surface area (TPSA) is 76.9 Å². The Labute approximate surface area is 132 Å². The van der Waals surface area contributed by atoms with Crippen LogP contribution >= 0.6 is 12.2 Å². The van der Waals surface area contributed by atoms with E-state index in [1.165, 1.54) is 24.3 Å². The van der Waals surface area contributed by atoms with Gasteiger partial charge in [-0.1, -0.05) is 12.1 Å². The first-order valence-corrected chi connectivity index (χ1v) is 6.76. The van der Waals surface area contributed by atoms with Crippen molar-refractivity contribution in [1.82, 2.24) is 5.43 Å². The zero-order chi connectivity index (χ0) is 16.1. The van der Waals surface area contributed by atoms with Crippen LogP contribution in [0.1, 0.15) is 12.5 Å². The second kappa shape index (κ2) is 6.86. The average Bonchev–Trinajstić information content (AvgIpc) is 2.47. The molecule has 0 unspecified atom stereocenters. The fourth-order valence-corrected chi connectivity index (χ4v) is 1.89. The first-order chi connectivity index (χ1) is 10.5. The lowest BCUT2D eigenvalue weighted by Crippen LogP contribution is -2.25. The van der Waals surface area contributed by atoms with E-state index in [0.29, 0.717) is 11.3 Å². The van der Waals surface area contributed by atoms with Crippen molar-refractivity contribution in [1.29, 1.82) is 0 Å². The minimum Gasteiger partial charge on any atom is -0.508 e. The fourth-order valence-electron chi connectivity index (χ4n) is 1.73. The molecule has 2 rings (SSSR count). The summed E-state index contributed by atoms with van der Waals surface area (Å²) in [6.07, 6.45) is 0. The molecule has 0 aliphatic carbocycles. The lowest BCUT2D eigenvalue weighted by atomic mass is 10.1. The summed E-state index contributed by atoms with van der Waals surface area (Å²) in [5.74, 6) is -0.571. The number of phenolic OH excluding ortho intramolecular Hbond substituents is 2. The van der Waals surface area contributed by atoms with Crippen LogP contribution in [0.2, 0.25) is 0 Å². The number of nitrogens with zero attached hydrogens (tertiary/aromatic N) is 1. The molecule has 114 valence electrons. The number of hydrogen-bond acceptors (Lipinski definition) is 4. The van der Waals surface area contributed by atoms with E-state index < -0.39 is 5.82 Å². The first kappa shape index (κ1) is 15.7. The van der Waals surface area contributed by atoms with Crippen molar-refractivity contribution in [3.05, 3.63) is 53.8 Å². The van der Waals surface area contributed by atoms with Crippen molar-refractivity contribution in [2.45, 2.75) is 6.92 Å². The molecular weight excluding hydrogens is 305 g/mol. The van der Waals surface area contributed by atoms with Gasteiger partial charge in [0.25, 0.3) is 0 Å². The number of hydrogen-bond donors (Lipinski definition) is 4. The van der Waals surface area contributed by atoms with Crippen LogP contribution in [0.5, 0.6) is 11.5 Å². The number of anilines is 1. The molecule has 0 fully saturated rings. The molecule has 0 amide bonds. The Hall–Kier alpha value is -2.67. The van der Waals surface area contributed by atoms with Gasteiger partial charge in [-0.05, 0) is 43.4 Å². The van der Waals surface area contributed by atoms with Crippen molar-refractivity contribution in [2.75, 3.05) is 5.32 Å². The molecule has 2 aromatic carbocycles. The number of thiocarbonyl (C=S) groups is 1. The number of phenols is 2. The Morgan fingerprint density at radius 2 is 1.91 bits per heavy atom. The summed E-state index contributed by atoms with van der Waals surface area (Å²) < 4.78 is 13.5. The van der Waals surface area contributed by atoms with Gasteiger partial charge < -0.3 is 15.5 Å². The van der Waals surface area contributed by atoms with E-state index in [0.717, 1.165) is 0 Å². The van der Waals surface area contributed by atoms with Gasteiger partial charge in [-0.3, -0.25) is 5.43 Å². The van der Waals surface area contributed by atoms with E-state index in [2.05, 4.69) is 15.8 Å². The number of benzene rings is 2. The molecule has 0 aliphatic rings. The zero-order valence-corrected chi connectivity index (χ0v) is 12.5. The molecule has 0 aromatic heterocycles. The third-order valence-corrected chi connectivity index (χ3v) is 3.01. The fraction of sp³-hybridized carbons (Fsp3) is 0.0667. The Bertz CT molecular complexity index is 734.